The summed E-state index contributed by atoms with van der Waals surface area (Å²) in [5.74, 6) is -4.95. The highest BCUT2D eigenvalue weighted by Crippen LogP contribution is 2.36. The van der Waals surface area contributed by atoms with Crippen molar-refractivity contribution in [3.8, 4) is 11.1 Å². The van der Waals surface area contributed by atoms with E-state index in [1.54, 1.807) is 0 Å². The maximum Gasteiger partial charge on any atom is 0.320 e. The normalized spacial score (nSPS) is 20.1. The minimum absolute atomic E-state index is 0.0185. The summed E-state index contributed by atoms with van der Waals surface area (Å²) >= 11 is 0. The van der Waals surface area contributed by atoms with Gasteiger partial charge in [0.1, 0.15) is 17.7 Å². The summed E-state index contributed by atoms with van der Waals surface area (Å²) in [5, 5.41) is 0. The number of benzene rings is 2. The molecule has 0 unspecified atom stereocenters. The number of likely N-dealkylation sites (tertiary alicyclic amines) is 1. The van der Waals surface area contributed by atoms with Crippen LogP contribution in [0.2, 0.25) is 0 Å². The molecule has 0 spiro atoms. The van der Waals surface area contributed by atoms with E-state index in [4.69, 9.17) is 0 Å². The van der Waals surface area contributed by atoms with E-state index >= 15 is 13.2 Å². The van der Waals surface area contributed by atoms with Crippen molar-refractivity contribution in [2.75, 3.05) is 34.7 Å². The van der Waals surface area contributed by atoms with Crippen molar-refractivity contribution >= 4 is 16.2 Å². The second-order valence-electron chi connectivity index (χ2n) is 8.51. The SMILES string of the molecule is CN(C)C(=O)N1CC(F)(F)[C@H](NS(=O)(=O)N(C)C)[C@@H]1Cc1cccc(-c2cccc(F)c2)c1F. The predicted molar refractivity (Wildman–Crippen MR) is 120 cm³/mol. The number of nitrogens with one attached hydrogen (secondary N) is 1. The van der Waals surface area contributed by atoms with Gasteiger partial charge in [0.15, 0.2) is 0 Å². The molecule has 3 rings (SSSR count). The van der Waals surface area contributed by atoms with Crippen LogP contribution in [0.25, 0.3) is 11.1 Å². The summed E-state index contributed by atoms with van der Waals surface area (Å²) < 4.78 is 86.6. The van der Waals surface area contributed by atoms with Crippen LogP contribution < -0.4 is 4.72 Å². The van der Waals surface area contributed by atoms with Gasteiger partial charge in [-0.15, -0.1) is 0 Å². The number of hydrogen-bond acceptors (Lipinski definition) is 3. The van der Waals surface area contributed by atoms with Crippen molar-refractivity contribution in [3.63, 3.8) is 0 Å². The summed E-state index contributed by atoms with van der Waals surface area (Å²) in [5.41, 5.74) is 0.287. The Balaban J connectivity index is 2.06. The number of rotatable bonds is 6. The molecule has 1 saturated heterocycles. The second-order valence-corrected chi connectivity index (χ2v) is 10.4. The number of carbonyl (C=O) groups excluding carboxylic acids is 1. The van der Waals surface area contributed by atoms with Gasteiger partial charge in [-0.1, -0.05) is 30.3 Å². The first-order valence-electron chi connectivity index (χ1n) is 10.3. The van der Waals surface area contributed by atoms with Gasteiger partial charge in [-0.05, 0) is 29.7 Å². The van der Waals surface area contributed by atoms with E-state index < -0.39 is 58.8 Å². The highest BCUT2D eigenvalue weighted by atomic mass is 32.2. The van der Waals surface area contributed by atoms with Crippen molar-refractivity contribution in [1.82, 2.24) is 18.8 Å². The molecule has 1 aliphatic rings. The Hall–Kier alpha value is -2.70. The number of alkyl halides is 2. The maximum absolute atomic E-state index is 15.4. The molecule has 1 fully saturated rings. The van der Waals surface area contributed by atoms with E-state index in [1.807, 2.05) is 4.72 Å². The highest BCUT2D eigenvalue weighted by Gasteiger charge is 2.57. The molecule has 0 bridgehead atoms. The highest BCUT2D eigenvalue weighted by molar-refractivity contribution is 7.87. The number of urea groups is 1. The van der Waals surface area contributed by atoms with Crippen LogP contribution in [-0.4, -0.2) is 81.3 Å². The van der Waals surface area contributed by atoms with Crippen molar-refractivity contribution in [2.45, 2.75) is 24.4 Å². The summed E-state index contributed by atoms with van der Waals surface area (Å²) in [6.45, 7) is -1.04. The number of nitrogens with zero attached hydrogens (tertiary/aromatic N) is 3. The van der Waals surface area contributed by atoms with Gasteiger partial charge in [0.05, 0.1) is 12.6 Å². The number of halogens is 4. The van der Waals surface area contributed by atoms with Gasteiger partial charge in [0.25, 0.3) is 16.1 Å². The van der Waals surface area contributed by atoms with Gasteiger partial charge < -0.3 is 9.80 Å². The van der Waals surface area contributed by atoms with Crippen molar-refractivity contribution < 1.29 is 30.8 Å². The van der Waals surface area contributed by atoms with Gasteiger partial charge in [0, 0.05) is 33.8 Å². The average molecular weight is 503 g/mol. The minimum Gasteiger partial charge on any atom is -0.331 e. The summed E-state index contributed by atoms with van der Waals surface area (Å²) in [4.78, 5) is 14.6. The van der Waals surface area contributed by atoms with Crippen molar-refractivity contribution in [2.24, 2.45) is 0 Å². The van der Waals surface area contributed by atoms with E-state index in [0.717, 1.165) is 20.2 Å². The van der Waals surface area contributed by atoms with Crippen LogP contribution in [0.15, 0.2) is 42.5 Å². The topological polar surface area (TPSA) is 73.0 Å². The molecule has 1 N–H and O–H groups in total. The monoisotopic (exact) mass is 502 g/mol. The second kappa shape index (κ2) is 9.51. The van der Waals surface area contributed by atoms with E-state index in [9.17, 15) is 17.6 Å². The lowest BCUT2D eigenvalue weighted by atomic mass is 9.95. The molecule has 2 aromatic rings. The molecule has 186 valence electrons. The molecular weight excluding hydrogens is 476 g/mol. The standard InChI is InChI=1S/C22H26F4N4O3S/c1-28(2)21(31)30-13-22(25,26)20(27-34(32,33)29(3)4)18(30)12-15-8-6-10-17(19(15)24)14-7-5-9-16(23)11-14/h5-11,18,20,27H,12-13H2,1-4H3/t18-,20+/m0/s1. The molecule has 0 radical (unpaired) electrons. The lowest BCUT2D eigenvalue weighted by Gasteiger charge is -2.30. The average Bonchev–Trinajstić information content (AvgIpc) is 2.98. The molecule has 0 saturated carbocycles. The van der Waals surface area contributed by atoms with E-state index in [2.05, 4.69) is 0 Å². The predicted octanol–water partition coefficient (Wildman–Crippen LogP) is 2.94. The van der Waals surface area contributed by atoms with E-state index in [1.165, 1.54) is 64.6 Å². The fraction of sp³-hybridized carbons (Fsp3) is 0.409. The molecule has 2 aromatic carbocycles. The van der Waals surface area contributed by atoms with Crippen LogP contribution in [0.1, 0.15) is 5.56 Å². The van der Waals surface area contributed by atoms with E-state index in [0.29, 0.717) is 0 Å². The van der Waals surface area contributed by atoms with Gasteiger partial charge in [0.2, 0.25) is 0 Å². The Morgan fingerprint density at radius 2 is 1.76 bits per heavy atom. The van der Waals surface area contributed by atoms with Gasteiger partial charge in [-0.25, -0.2) is 22.4 Å². The summed E-state index contributed by atoms with van der Waals surface area (Å²) in [6.07, 6.45) is -0.398. The van der Waals surface area contributed by atoms with Crippen LogP contribution in [-0.2, 0) is 16.6 Å². The van der Waals surface area contributed by atoms with Gasteiger partial charge in [-0.3, -0.25) is 0 Å². The minimum atomic E-state index is -4.30. The van der Waals surface area contributed by atoms with Crippen molar-refractivity contribution in [1.29, 1.82) is 0 Å². The van der Waals surface area contributed by atoms with E-state index in [-0.39, 0.29) is 16.7 Å². The molecular formula is C22H26F4N4O3S. The van der Waals surface area contributed by atoms with Gasteiger partial charge >= 0.3 is 6.03 Å². The van der Waals surface area contributed by atoms with Crippen LogP contribution in [0.3, 0.4) is 0 Å². The zero-order valence-electron chi connectivity index (χ0n) is 19.1. The zero-order valence-corrected chi connectivity index (χ0v) is 19.9. The lowest BCUT2D eigenvalue weighted by Crippen LogP contribution is -2.55. The van der Waals surface area contributed by atoms with Crippen LogP contribution in [0, 0.1) is 11.6 Å². The molecule has 0 aliphatic carbocycles. The Morgan fingerprint density at radius 1 is 1.12 bits per heavy atom. The molecule has 2 amide bonds. The Kier molecular flexibility index (Phi) is 7.25. The number of carbonyl (C=O) groups is 1. The van der Waals surface area contributed by atoms with Gasteiger partial charge in [-0.2, -0.15) is 17.4 Å². The summed E-state index contributed by atoms with van der Waals surface area (Å²) in [6, 6.07) is 5.39. The first-order valence-corrected chi connectivity index (χ1v) is 11.8. The zero-order chi connectivity index (χ0) is 25.4. The third-order valence-corrected chi connectivity index (χ3v) is 7.16. The van der Waals surface area contributed by atoms with Crippen LogP contribution >= 0.6 is 0 Å². The first-order chi connectivity index (χ1) is 15.7. The largest absolute Gasteiger partial charge is 0.331 e. The molecule has 7 nitrogen and oxygen atoms in total. The number of hydrogen-bond donors (Lipinski definition) is 1. The van der Waals surface area contributed by atoms with Crippen LogP contribution in [0.4, 0.5) is 22.4 Å². The Bertz CT molecular complexity index is 1170. The smallest absolute Gasteiger partial charge is 0.320 e. The molecule has 2 atom stereocenters. The quantitative estimate of drug-likeness (QED) is 0.618. The summed E-state index contributed by atoms with van der Waals surface area (Å²) in [7, 11) is 0.805. The lowest BCUT2D eigenvalue weighted by molar-refractivity contribution is -0.00530. The fourth-order valence-electron chi connectivity index (χ4n) is 3.87. The molecule has 34 heavy (non-hydrogen) atoms. The number of amides is 2. The van der Waals surface area contributed by atoms with Crippen LogP contribution in [0.5, 0.6) is 0 Å². The third-order valence-electron chi connectivity index (χ3n) is 5.65. The fourth-order valence-corrected chi connectivity index (χ4v) is 4.73. The maximum atomic E-state index is 15.4. The third kappa shape index (κ3) is 5.18. The van der Waals surface area contributed by atoms with Crippen molar-refractivity contribution in [3.05, 3.63) is 59.7 Å². The molecule has 1 aliphatic heterocycles. The molecule has 0 aromatic heterocycles. The first kappa shape index (κ1) is 25.9. The molecule has 1 heterocycles. The molecule has 12 heteroatoms. The Labute approximate surface area is 196 Å². The Morgan fingerprint density at radius 3 is 2.35 bits per heavy atom.